The van der Waals surface area contributed by atoms with Crippen molar-refractivity contribution in [1.29, 1.82) is 0 Å². The van der Waals surface area contributed by atoms with Gasteiger partial charge in [-0.2, -0.15) is 0 Å². The number of carboxylic acid groups (broad SMARTS) is 1. The molecule has 2 aromatic rings. The fourth-order valence-corrected chi connectivity index (χ4v) is 3.04. The molecule has 1 aliphatic heterocycles. The molecule has 0 aliphatic carbocycles. The number of carboxylic acids is 1. The minimum Gasteiger partial charge on any atom is -0.480 e. The summed E-state index contributed by atoms with van der Waals surface area (Å²) in [5, 5.41) is 10.4. The van der Waals surface area contributed by atoms with E-state index in [4.69, 9.17) is 23.2 Å². The number of aromatic nitrogens is 3. The molecule has 21 heavy (non-hydrogen) atoms. The Morgan fingerprint density at radius 2 is 2.14 bits per heavy atom. The molecule has 0 radical (unpaired) electrons. The zero-order valence-electron chi connectivity index (χ0n) is 10.9. The van der Waals surface area contributed by atoms with Gasteiger partial charge in [0.25, 0.3) is 0 Å². The molecule has 0 aromatic carbocycles. The quantitative estimate of drug-likeness (QED) is 0.904. The summed E-state index contributed by atoms with van der Waals surface area (Å²) in [5.74, 6) is -0.940. The van der Waals surface area contributed by atoms with Crippen molar-refractivity contribution in [3.8, 4) is 0 Å². The summed E-state index contributed by atoms with van der Waals surface area (Å²) in [7, 11) is 0. The van der Waals surface area contributed by atoms with Gasteiger partial charge in [0, 0.05) is 43.2 Å². The lowest BCUT2D eigenvalue weighted by Crippen LogP contribution is -2.39. The summed E-state index contributed by atoms with van der Waals surface area (Å²) in [5.41, 5.74) is 2.10. The molecule has 0 saturated carbocycles. The van der Waals surface area contributed by atoms with Crippen molar-refractivity contribution < 1.29 is 9.90 Å². The molecule has 6 nitrogen and oxygen atoms in total. The van der Waals surface area contributed by atoms with Gasteiger partial charge in [-0.1, -0.05) is 23.2 Å². The number of hydrogen-bond donors (Lipinski definition) is 2. The normalized spacial score (nSPS) is 18.5. The smallest absolute Gasteiger partial charge is 0.327 e. The minimum absolute atomic E-state index is 0.337. The number of H-pyrrole nitrogens is 1. The molecule has 110 valence electrons. The molecule has 2 N–H and O–H groups in total. The molecule has 0 unspecified atom stereocenters. The van der Waals surface area contributed by atoms with E-state index in [0.29, 0.717) is 40.8 Å². The number of nitrogens with zero attached hydrogens (tertiary/aromatic N) is 3. The predicted octanol–water partition coefficient (Wildman–Crippen LogP) is 2.30. The van der Waals surface area contributed by atoms with E-state index < -0.39 is 12.0 Å². The van der Waals surface area contributed by atoms with Crippen LogP contribution in [0, 0.1) is 0 Å². The largest absolute Gasteiger partial charge is 0.480 e. The molecule has 0 bridgehead atoms. The highest BCUT2D eigenvalue weighted by atomic mass is 35.5. The highest BCUT2D eigenvalue weighted by Gasteiger charge is 2.35. The number of aromatic amines is 1. The van der Waals surface area contributed by atoms with Gasteiger partial charge < -0.3 is 10.1 Å². The number of pyridine rings is 1. The van der Waals surface area contributed by atoms with Crippen molar-refractivity contribution in [2.75, 3.05) is 6.54 Å². The maximum atomic E-state index is 11.6. The van der Waals surface area contributed by atoms with Crippen molar-refractivity contribution >= 4 is 29.2 Å². The Morgan fingerprint density at radius 3 is 2.81 bits per heavy atom. The van der Waals surface area contributed by atoms with E-state index in [1.54, 1.807) is 4.90 Å². The van der Waals surface area contributed by atoms with Crippen LogP contribution in [0.25, 0.3) is 0 Å². The van der Waals surface area contributed by atoms with Crippen LogP contribution in [0.5, 0.6) is 0 Å². The van der Waals surface area contributed by atoms with Gasteiger partial charge in [0.1, 0.15) is 0 Å². The van der Waals surface area contributed by atoms with Crippen LogP contribution in [0.15, 0.2) is 18.7 Å². The Kier molecular flexibility index (Phi) is 3.84. The van der Waals surface area contributed by atoms with Crippen LogP contribution in [-0.4, -0.2) is 37.5 Å². The molecule has 3 rings (SSSR count). The van der Waals surface area contributed by atoms with Gasteiger partial charge in [0.15, 0.2) is 6.04 Å². The Morgan fingerprint density at radius 1 is 1.43 bits per heavy atom. The molecule has 0 amide bonds. The summed E-state index contributed by atoms with van der Waals surface area (Å²) in [6.45, 7) is 0.921. The summed E-state index contributed by atoms with van der Waals surface area (Å²) in [6.07, 6.45) is 5.24. The van der Waals surface area contributed by atoms with Gasteiger partial charge >= 0.3 is 5.97 Å². The number of aliphatic carboxylic acids is 1. The Bertz CT molecular complexity index is 668. The van der Waals surface area contributed by atoms with E-state index >= 15 is 0 Å². The van der Waals surface area contributed by atoms with Gasteiger partial charge in [-0.25, -0.2) is 4.98 Å². The van der Waals surface area contributed by atoms with Crippen LogP contribution in [0.2, 0.25) is 10.0 Å². The van der Waals surface area contributed by atoms with Crippen molar-refractivity contribution in [3.63, 3.8) is 0 Å². The number of halogens is 2. The minimum atomic E-state index is -0.940. The SMILES string of the molecule is O=C(O)[C@@H]1c2nc[nH]c2CCN1Cc1c(Cl)cncc1Cl. The van der Waals surface area contributed by atoms with Crippen LogP contribution in [0.4, 0.5) is 0 Å². The summed E-state index contributed by atoms with van der Waals surface area (Å²) < 4.78 is 0. The van der Waals surface area contributed by atoms with Crippen molar-refractivity contribution in [3.05, 3.63) is 45.7 Å². The standard InChI is InChI=1S/C13H12Cl2N4O2/c14-8-3-16-4-9(15)7(8)5-19-2-1-10-11(18-6-17-10)12(19)13(20)21/h3-4,6,12H,1-2,5H2,(H,17,18)(H,20,21)/t12-/m0/s1. The average molecular weight is 327 g/mol. The van der Waals surface area contributed by atoms with Crippen LogP contribution in [0.1, 0.15) is 23.0 Å². The second-order valence-electron chi connectivity index (χ2n) is 4.81. The van der Waals surface area contributed by atoms with Crippen LogP contribution < -0.4 is 0 Å². The molecule has 1 atom stereocenters. The first kappa shape index (κ1) is 14.3. The van der Waals surface area contributed by atoms with Gasteiger partial charge in [-0.3, -0.25) is 14.7 Å². The first-order valence-electron chi connectivity index (χ1n) is 6.35. The maximum Gasteiger partial charge on any atom is 0.327 e. The maximum absolute atomic E-state index is 11.6. The average Bonchev–Trinajstić information content (AvgIpc) is 2.90. The van der Waals surface area contributed by atoms with Gasteiger partial charge in [-0.05, 0) is 0 Å². The van der Waals surface area contributed by atoms with Gasteiger partial charge in [0.2, 0.25) is 0 Å². The molecular weight excluding hydrogens is 315 g/mol. The Hall–Kier alpha value is -1.63. The molecule has 3 heterocycles. The van der Waals surface area contributed by atoms with E-state index in [9.17, 15) is 9.90 Å². The topological polar surface area (TPSA) is 82.1 Å². The molecule has 2 aromatic heterocycles. The van der Waals surface area contributed by atoms with Crippen LogP contribution in [0.3, 0.4) is 0 Å². The summed E-state index contributed by atoms with van der Waals surface area (Å²) >= 11 is 12.2. The second-order valence-corrected chi connectivity index (χ2v) is 5.62. The first-order valence-corrected chi connectivity index (χ1v) is 7.10. The third-order valence-electron chi connectivity index (χ3n) is 3.57. The number of hydrogen-bond acceptors (Lipinski definition) is 4. The van der Waals surface area contributed by atoms with E-state index in [1.807, 2.05) is 0 Å². The zero-order chi connectivity index (χ0) is 15.0. The van der Waals surface area contributed by atoms with Gasteiger partial charge in [-0.15, -0.1) is 0 Å². The predicted molar refractivity (Wildman–Crippen MR) is 77.3 cm³/mol. The van der Waals surface area contributed by atoms with E-state index in [2.05, 4.69) is 15.0 Å². The lowest BCUT2D eigenvalue weighted by atomic mass is 10.0. The molecule has 8 heteroatoms. The number of rotatable bonds is 3. The lowest BCUT2D eigenvalue weighted by molar-refractivity contribution is -0.144. The third kappa shape index (κ3) is 2.62. The highest BCUT2D eigenvalue weighted by Crippen LogP contribution is 2.32. The van der Waals surface area contributed by atoms with Crippen LogP contribution in [-0.2, 0) is 17.8 Å². The van der Waals surface area contributed by atoms with Crippen molar-refractivity contribution in [2.45, 2.75) is 19.0 Å². The Labute approximate surface area is 130 Å². The van der Waals surface area contributed by atoms with Crippen molar-refractivity contribution in [1.82, 2.24) is 19.9 Å². The fraction of sp³-hybridized carbons (Fsp3) is 0.308. The van der Waals surface area contributed by atoms with Gasteiger partial charge in [0.05, 0.1) is 22.1 Å². The molecule has 0 saturated heterocycles. The zero-order valence-corrected chi connectivity index (χ0v) is 12.4. The first-order chi connectivity index (χ1) is 10.1. The summed E-state index contributed by atoms with van der Waals surface area (Å²) in [6, 6.07) is -0.805. The molecule has 1 aliphatic rings. The number of imidazole rings is 1. The van der Waals surface area contributed by atoms with E-state index in [0.717, 1.165) is 5.69 Å². The van der Waals surface area contributed by atoms with E-state index in [-0.39, 0.29) is 0 Å². The monoisotopic (exact) mass is 326 g/mol. The highest BCUT2D eigenvalue weighted by molar-refractivity contribution is 6.35. The third-order valence-corrected chi connectivity index (χ3v) is 4.22. The Balaban J connectivity index is 1.94. The summed E-state index contributed by atoms with van der Waals surface area (Å²) in [4.78, 5) is 24.4. The molecule has 0 spiro atoms. The fourth-order valence-electron chi connectivity index (χ4n) is 2.56. The lowest BCUT2D eigenvalue weighted by Gasteiger charge is -2.32. The number of fused-ring (bicyclic) bond motifs is 1. The van der Waals surface area contributed by atoms with E-state index in [1.165, 1.54) is 18.7 Å². The van der Waals surface area contributed by atoms with Crippen LogP contribution >= 0.6 is 23.2 Å². The molecular formula is C13H12Cl2N4O2. The number of carbonyl (C=O) groups is 1. The number of nitrogens with one attached hydrogen (secondary N) is 1. The van der Waals surface area contributed by atoms with Crippen molar-refractivity contribution in [2.24, 2.45) is 0 Å². The molecule has 0 fully saturated rings. The second kappa shape index (κ2) is 5.63.